The normalized spacial score (nSPS) is 11.2. The van der Waals surface area contributed by atoms with Gasteiger partial charge < -0.3 is 9.32 Å². The quantitative estimate of drug-likeness (QED) is 0.492. The maximum atomic E-state index is 12.5. The summed E-state index contributed by atoms with van der Waals surface area (Å²) in [6, 6.07) is 3.81. The van der Waals surface area contributed by atoms with Crippen LogP contribution in [0.1, 0.15) is 27.8 Å². The second-order valence-electron chi connectivity index (χ2n) is 6.09. The number of aryl methyl sites for hydroxylation is 4. The molecule has 3 rings (SSSR count). The van der Waals surface area contributed by atoms with Crippen LogP contribution >= 0.6 is 23.1 Å². The third kappa shape index (κ3) is 3.88. The molecular formula is C18H21N3O2S2. The standard InChI is InChI=1S/C18H21N3O2S2/c1-10-6-7-14(23-10)8-21(5)15(22)9-24-17-16-11(2)12(3)25-18(16)20-13(4)19-17/h6-7H,8-9H2,1-5H3. The lowest BCUT2D eigenvalue weighted by Crippen LogP contribution is -2.27. The second-order valence-corrected chi connectivity index (χ2v) is 8.26. The zero-order valence-electron chi connectivity index (χ0n) is 15.0. The van der Waals surface area contributed by atoms with Gasteiger partial charge in [0.25, 0.3) is 0 Å². The Bertz CT molecular complexity index is 930. The number of carbonyl (C=O) groups excluding carboxylic acids is 1. The van der Waals surface area contributed by atoms with Crippen LogP contribution in [0.4, 0.5) is 0 Å². The molecule has 0 aliphatic heterocycles. The van der Waals surface area contributed by atoms with E-state index in [0.29, 0.717) is 12.3 Å². The number of hydrogen-bond acceptors (Lipinski definition) is 6. The summed E-state index contributed by atoms with van der Waals surface area (Å²) in [5.41, 5.74) is 1.20. The van der Waals surface area contributed by atoms with Crippen LogP contribution in [0.5, 0.6) is 0 Å². The molecule has 0 fully saturated rings. The molecule has 7 heteroatoms. The van der Waals surface area contributed by atoms with E-state index in [1.165, 1.54) is 22.2 Å². The van der Waals surface area contributed by atoms with E-state index in [9.17, 15) is 4.79 Å². The number of nitrogens with zero attached hydrogens (tertiary/aromatic N) is 3. The average molecular weight is 376 g/mol. The van der Waals surface area contributed by atoms with Crippen molar-refractivity contribution in [3.8, 4) is 0 Å². The Hall–Kier alpha value is -1.86. The number of aromatic nitrogens is 2. The van der Waals surface area contributed by atoms with Crippen LogP contribution in [0.2, 0.25) is 0 Å². The van der Waals surface area contributed by atoms with Crippen LogP contribution in [-0.4, -0.2) is 33.6 Å². The molecule has 0 radical (unpaired) electrons. The van der Waals surface area contributed by atoms with Crippen molar-refractivity contribution < 1.29 is 9.21 Å². The Balaban J connectivity index is 1.72. The van der Waals surface area contributed by atoms with Crippen LogP contribution < -0.4 is 0 Å². The maximum absolute atomic E-state index is 12.5. The van der Waals surface area contributed by atoms with Crippen molar-refractivity contribution in [1.82, 2.24) is 14.9 Å². The van der Waals surface area contributed by atoms with E-state index in [4.69, 9.17) is 4.42 Å². The Labute approximate surface area is 155 Å². The van der Waals surface area contributed by atoms with Crippen LogP contribution in [0.25, 0.3) is 10.2 Å². The monoisotopic (exact) mass is 375 g/mol. The molecule has 3 heterocycles. The number of rotatable bonds is 5. The molecule has 0 aliphatic rings. The summed E-state index contributed by atoms with van der Waals surface area (Å²) in [6.07, 6.45) is 0. The molecule has 25 heavy (non-hydrogen) atoms. The maximum Gasteiger partial charge on any atom is 0.233 e. The second kappa shape index (κ2) is 7.17. The SMILES string of the molecule is Cc1nc(SCC(=O)N(C)Cc2ccc(C)o2)c2c(C)c(C)sc2n1. The minimum atomic E-state index is 0.0491. The van der Waals surface area contributed by atoms with Gasteiger partial charge in [0, 0.05) is 17.3 Å². The van der Waals surface area contributed by atoms with Crippen LogP contribution in [0.15, 0.2) is 21.6 Å². The van der Waals surface area contributed by atoms with Crippen molar-refractivity contribution in [2.45, 2.75) is 39.3 Å². The van der Waals surface area contributed by atoms with Gasteiger partial charge in [-0.15, -0.1) is 11.3 Å². The Morgan fingerprint density at radius 3 is 2.68 bits per heavy atom. The fourth-order valence-electron chi connectivity index (χ4n) is 2.55. The lowest BCUT2D eigenvalue weighted by atomic mass is 10.2. The topological polar surface area (TPSA) is 59.2 Å². The smallest absolute Gasteiger partial charge is 0.233 e. The molecule has 132 valence electrons. The summed E-state index contributed by atoms with van der Waals surface area (Å²) in [5.74, 6) is 2.78. The first kappa shape index (κ1) is 17.9. The van der Waals surface area contributed by atoms with Gasteiger partial charge in [0.2, 0.25) is 5.91 Å². The molecule has 3 aromatic heterocycles. The average Bonchev–Trinajstić information content (AvgIpc) is 3.08. The molecule has 5 nitrogen and oxygen atoms in total. The van der Waals surface area contributed by atoms with Crippen molar-refractivity contribution in [2.24, 2.45) is 0 Å². The highest BCUT2D eigenvalue weighted by Gasteiger charge is 2.17. The molecule has 1 amide bonds. The zero-order chi connectivity index (χ0) is 18.1. The fourth-order valence-corrected chi connectivity index (χ4v) is 4.76. The molecule has 3 aromatic rings. The number of amides is 1. The molecule has 0 aromatic carbocycles. The summed E-state index contributed by atoms with van der Waals surface area (Å²) in [7, 11) is 1.79. The molecule has 0 spiro atoms. The predicted octanol–water partition coefficient (Wildman–Crippen LogP) is 4.27. The highest BCUT2D eigenvalue weighted by atomic mass is 32.2. The molecule has 0 unspecified atom stereocenters. The summed E-state index contributed by atoms with van der Waals surface area (Å²) in [6.45, 7) is 8.44. The predicted molar refractivity (Wildman–Crippen MR) is 102 cm³/mol. The third-order valence-corrected chi connectivity index (χ3v) is 6.12. The number of carbonyl (C=O) groups is 1. The van der Waals surface area contributed by atoms with E-state index in [0.717, 1.165) is 32.6 Å². The molecule has 0 atom stereocenters. The van der Waals surface area contributed by atoms with Gasteiger partial charge in [0.05, 0.1) is 12.3 Å². The first-order chi connectivity index (χ1) is 11.8. The molecule has 0 saturated carbocycles. The summed E-state index contributed by atoms with van der Waals surface area (Å²) in [5, 5.41) is 1.97. The fraction of sp³-hybridized carbons (Fsp3) is 0.389. The molecular weight excluding hydrogens is 354 g/mol. The molecule has 0 aliphatic carbocycles. The van der Waals surface area contributed by atoms with Gasteiger partial charge in [-0.1, -0.05) is 11.8 Å². The van der Waals surface area contributed by atoms with Crippen molar-refractivity contribution in [3.63, 3.8) is 0 Å². The van der Waals surface area contributed by atoms with E-state index in [1.807, 2.05) is 26.0 Å². The summed E-state index contributed by atoms with van der Waals surface area (Å²) in [4.78, 5) is 25.5. The van der Waals surface area contributed by atoms with E-state index in [2.05, 4.69) is 23.8 Å². The van der Waals surface area contributed by atoms with E-state index >= 15 is 0 Å². The van der Waals surface area contributed by atoms with Gasteiger partial charge >= 0.3 is 0 Å². The molecule has 0 saturated heterocycles. The number of thiophene rings is 1. The van der Waals surface area contributed by atoms with Gasteiger partial charge in [-0.25, -0.2) is 9.97 Å². The highest BCUT2D eigenvalue weighted by molar-refractivity contribution is 8.00. The first-order valence-electron chi connectivity index (χ1n) is 8.01. The van der Waals surface area contributed by atoms with Crippen molar-refractivity contribution in [2.75, 3.05) is 12.8 Å². The first-order valence-corrected chi connectivity index (χ1v) is 9.81. The summed E-state index contributed by atoms with van der Waals surface area (Å²) < 4.78 is 5.54. The van der Waals surface area contributed by atoms with Gasteiger partial charge in [-0.3, -0.25) is 4.79 Å². The van der Waals surface area contributed by atoms with Gasteiger partial charge in [-0.05, 0) is 45.4 Å². The van der Waals surface area contributed by atoms with E-state index in [1.54, 1.807) is 23.3 Å². The van der Waals surface area contributed by atoms with Crippen LogP contribution in [-0.2, 0) is 11.3 Å². The number of thioether (sulfide) groups is 1. The van der Waals surface area contributed by atoms with Gasteiger partial charge in [0.1, 0.15) is 27.2 Å². The van der Waals surface area contributed by atoms with E-state index < -0.39 is 0 Å². The molecule has 0 N–H and O–H groups in total. The Morgan fingerprint density at radius 2 is 2.00 bits per heavy atom. The van der Waals surface area contributed by atoms with Crippen LogP contribution in [0.3, 0.4) is 0 Å². The van der Waals surface area contributed by atoms with E-state index in [-0.39, 0.29) is 5.91 Å². The van der Waals surface area contributed by atoms with Gasteiger partial charge in [0.15, 0.2) is 0 Å². The Kier molecular flexibility index (Phi) is 5.15. The lowest BCUT2D eigenvalue weighted by Gasteiger charge is -2.15. The number of furan rings is 1. The lowest BCUT2D eigenvalue weighted by molar-refractivity contribution is -0.127. The van der Waals surface area contributed by atoms with Crippen molar-refractivity contribution >= 4 is 39.2 Å². The minimum Gasteiger partial charge on any atom is -0.464 e. The number of fused-ring (bicyclic) bond motifs is 1. The van der Waals surface area contributed by atoms with Crippen molar-refractivity contribution in [1.29, 1.82) is 0 Å². The third-order valence-electron chi connectivity index (χ3n) is 4.05. The van der Waals surface area contributed by atoms with Gasteiger partial charge in [-0.2, -0.15) is 0 Å². The largest absolute Gasteiger partial charge is 0.464 e. The minimum absolute atomic E-state index is 0.0491. The number of hydrogen-bond donors (Lipinski definition) is 0. The zero-order valence-corrected chi connectivity index (χ0v) is 16.7. The highest BCUT2D eigenvalue weighted by Crippen LogP contribution is 2.35. The van der Waals surface area contributed by atoms with Crippen molar-refractivity contribution in [3.05, 3.63) is 39.9 Å². The Morgan fingerprint density at radius 1 is 1.24 bits per heavy atom. The van der Waals surface area contributed by atoms with Crippen LogP contribution in [0, 0.1) is 27.7 Å². The summed E-state index contributed by atoms with van der Waals surface area (Å²) >= 11 is 3.16. The molecule has 0 bridgehead atoms.